The molecule has 1 saturated carbocycles. The molecule has 0 spiro atoms. The maximum Gasteiger partial charge on any atom is 0.413 e. The van der Waals surface area contributed by atoms with E-state index < -0.39 is 23.9 Å². The molecule has 4 unspecified atom stereocenters. The molecule has 1 aliphatic carbocycles. The molecule has 4 atom stereocenters. The number of carbonyl (C=O) groups is 3. The number of nitrogens with one attached hydrogen (secondary N) is 1. The fourth-order valence-electron chi connectivity index (χ4n) is 3.54. The highest BCUT2D eigenvalue weighted by atomic mass is 16.6. The lowest BCUT2D eigenvalue weighted by Gasteiger charge is -2.37. The fraction of sp³-hybridized carbons (Fsp3) is 0.571. The lowest BCUT2D eigenvalue weighted by atomic mass is 9.75. The molecule has 1 fully saturated rings. The number of hydrogen-bond acceptors (Lipinski definition) is 5. The Labute approximate surface area is 160 Å². The van der Waals surface area contributed by atoms with Gasteiger partial charge in [-0.2, -0.15) is 0 Å². The summed E-state index contributed by atoms with van der Waals surface area (Å²) in [6, 6.07) is 7.07. The van der Waals surface area contributed by atoms with Gasteiger partial charge in [0.25, 0.3) is 0 Å². The zero-order chi connectivity index (χ0) is 20.0. The van der Waals surface area contributed by atoms with Crippen LogP contribution < -0.4 is 10.1 Å². The topological polar surface area (TPSA) is 81.7 Å². The van der Waals surface area contributed by atoms with Gasteiger partial charge >= 0.3 is 12.1 Å². The third-order valence-corrected chi connectivity index (χ3v) is 5.09. The molecule has 0 saturated heterocycles. The molecule has 0 aliphatic heterocycles. The average Bonchev–Trinajstić information content (AvgIpc) is 2.60. The van der Waals surface area contributed by atoms with E-state index in [-0.39, 0.29) is 12.0 Å². The quantitative estimate of drug-likeness (QED) is 0.605. The Morgan fingerprint density at radius 1 is 1.11 bits per heavy atom. The summed E-state index contributed by atoms with van der Waals surface area (Å²) >= 11 is 0. The Morgan fingerprint density at radius 3 is 2.37 bits per heavy atom. The number of carbonyl (C=O) groups excluding carboxylic acids is 3. The number of esters is 1. The second kappa shape index (κ2) is 9.53. The van der Waals surface area contributed by atoms with Crippen LogP contribution in [0.2, 0.25) is 0 Å². The van der Waals surface area contributed by atoms with Crippen LogP contribution in [0.5, 0.6) is 5.75 Å². The van der Waals surface area contributed by atoms with Crippen molar-refractivity contribution < 1.29 is 23.9 Å². The number of rotatable bonds is 6. The molecule has 1 N–H and O–H groups in total. The van der Waals surface area contributed by atoms with Crippen LogP contribution in [0.25, 0.3) is 0 Å². The van der Waals surface area contributed by atoms with E-state index in [0.29, 0.717) is 17.6 Å². The number of amides is 1. The van der Waals surface area contributed by atoms with Crippen LogP contribution in [-0.2, 0) is 14.3 Å². The van der Waals surface area contributed by atoms with Crippen LogP contribution in [-0.4, -0.2) is 30.0 Å². The Hall–Kier alpha value is -2.37. The van der Waals surface area contributed by atoms with Crippen LogP contribution in [0.15, 0.2) is 30.3 Å². The van der Waals surface area contributed by atoms with Crippen molar-refractivity contribution in [3.05, 3.63) is 30.3 Å². The third-order valence-electron chi connectivity index (χ3n) is 5.09. The first-order valence-corrected chi connectivity index (χ1v) is 9.52. The molecular formula is C21H29NO5. The van der Waals surface area contributed by atoms with Crippen molar-refractivity contribution in [1.29, 1.82) is 0 Å². The van der Waals surface area contributed by atoms with E-state index in [4.69, 9.17) is 9.47 Å². The van der Waals surface area contributed by atoms with E-state index in [9.17, 15) is 14.4 Å². The average molecular weight is 375 g/mol. The number of Topliss-reactive ketones (excluding diaryl/α,β-unsaturated/α-hetero) is 1. The Morgan fingerprint density at radius 2 is 1.78 bits per heavy atom. The number of ketones is 1. The lowest BCUT2D eigenvalue weighted by Crippen LogP contribution is -2.49. The first kappa shape index (κ1) is 20.9. The fourth-order valence-corrected chi connectivity index (χ4v) is 3.54. The second-order valence-electron chi connectivity index (χ2n) is 7.69. The van der Waals surface area contributed by atoms with E-state index in [1.165, 1.54) is 6.92 Å². The van der Waals surface area contributed by atoms with E-state index >= 15 is 0 Å². The van der Waals surface area contributed by atoms with Crippen LogP contribution in [0.3, 0.4) is 0 Å². The van der Waals surface area contributed by atoms with Crippen molar-refractivity contribution in [1.82, 2.24) is 5.32 Å². The minimum absolute atomic E-state index is 0.241. The van der Waals surface area contributed by atoms with Crippen LogP contribution >= 0.6 is 0 Å². The largest absolute Gasteiger partial charge is 0.460 e. The highest BCUT2D eigenvalue weighted by Gasteiger charge is 2.36. The van der Waals surface area contributed by atoms with Crippen molar-refractivity contribution in [2.45, 2.75) is 59.1 Å². The van der Waals surface area contributed by atoms with Gasteiger partial charge in [-0.25, -0.2) is 9.59 Å². The van der Waals surface area contributed by atoms with Gasteiger partial charge in [0.15, 0.2) is 11.8 Å². The van der Waals surface area contributed by atoms with Crippen LogP contribution in [0, 0.1) is 17.8 Å². The molecule has 6 heteroatoms. The molecule has 1 aromatic rings. The molecule has 148 valence electrons. The van der Waals surface area contributed by atoms with Crippen LogP contribution in [0.1, 0.15) is 47.0 Å². The Bertz CT molecular complexity index is 658. The summed E-state index contributed by atoms with van der Waals surface area (Å²) in [6.45, 7) is 7.60. The summed E-state index contributed by atoms with van der Waals surface area (Å²) in [5, 5.41) is 2.32. The molecular weight excluding hydrogens is 346 g/mol. The monoisotopic (exact) mass is 375 g/mol. The number of hydrogen-bond donors (Lipinski definition) is 1. The smallest absolute Gasteiger partial charge is 0.413 e. The number of ether oxygens (including phenoxy) is 2. The third kappa shape index (κ3) is 6.08. The van der Waals surface area contributed by atoms with Gasteiger partial charge in [-0.15, -0.1) is 0 Å². The van der Waals surface area contributed by atoms with Gasteiger partial charge in [0.2, 0.25) is 0 Å². The predicted molar refractivity (Wildman–Crippen MR) is 101 cm³/mol. The standard InChI is InChI=1S/C21H29NO5/c1-13(2)17-11-10-14(3)12-18(17)27-20(24)19(15(4)23)22-21(25)26-16-8-6-5-7-9-16/h5-9,13-14,17-19H,10-12H2,1-4H3,(H,22,25). The minimum atomic E-state index is -1.37. The van der Waals surface area contributed by atoms with Crippen molar-refractivity contribution in [3.8, 4) is 5.75 Å². The van der Waals surface area contributed by atoms with Gasteiger partial charge in [0, 0.05) is 0 Å². The molecule has 1 aliphatic rings. The second-order valence-corrected chi connectivity index (χ2v) is 7.69. The van der Waals surface area contributed by atoms with Gasteiger partial charge in [0.1, 0.15) is 11.9 Å². The molecule has 0 radical (unpaired) electrons. The lowest BCUT2D eigenvalue weighted by molar-refractivity contribution is -0.159. The van der Waals surface area contributed by atoms with E-state index in [1.54, 1.807) is 30.3 Å². The molecule has 1 aromatic carbocycles. The van der Waals surface area contributed by atoms with Crippen molar-refractivity contribution >= 4 is 17.8 Å². The molecule has 0 bridgehead atoms. The SMILES string of the molecule is CC(=O)C(NC(=O)Oc1ccccc1)C(=O)OC1CC(C)CCC1C(C)C. The highest BCUT2D eigenvalue weighted by molar-refractivity contribution is 6.04. The Balaban J connectivity index is 2.01. The van der Waals surface area contributed by atoms with Crippen LogP contribution in [0.4, 0.5) is 4.79 Å². The van der Waals surface area contributed by atoms with E-state index in [1.807, 2.05) is 0 Å². The summed E-state index contributed by atoms with van der Waals surface area (Å²) in [6.07, 6.45) is 1.76. The van der Waals surface area contributed by atoms with Gasteiger partial charge in [-0.3, -0.25) is 4.79 Å². The molecule has 2 rings (SSSR count). The molecule has 1 amide bonds. The van der Waals surface area contributed by atoms with Gasteiger partial charge in [-0.05, 0) is 49.7 Å². The first-order chi connectivity index (χ1) is 12.8. The first-order valence-electron chi connectivity index (χ1n) is 9.52. The summed E-state index contributed by atoms with van der Waals surface area (Å²) in [4.78, 5) is 36.6. The number of para-hydroxylation sites is 1. The summed E-state index contributed by atoms with van der Waals surface area (Å²) < 4.78 is 10.8. The molecule has 6 nitrogen and oxygen atoms in total. The van der Waals surface area contributed by atoms with Gasteiger partial charge < -0.3 is 14.8 Å². The maximum absolute atomic E-state index is 12.6. The van der Waals surface area contributed by atoms with E-state index in [0.717, 1.165) is 19.3 Å². The molecule has 27 heavy (non-hydrogen) atoms. The molecule has 0 heterocycles. The predicted octanol–water partition coefficient (Wildman–Crippen LogP) is 3.74. The van der Waals surface area contributed by atoms with Crippen molar-refractivity contribution in [2.24, 2.45) is 17.8 Å². The minimum Gasteiger partial charge on any atom is -0.460 e. The van der Waals surface area contributed by atoms with Crippen molar-refractivity contribution in [3.63, 3.8) is 0 Å². The summed E-state index contributed by atoms with van der Waals surface area (Å²) in [5.41, 5.74) is 0. The zero-order valence-corrected chi connectivity index (χ0v) is 16.4. The summed E-state index contributed by atoms with van der Waals surface area (Å²) in [5.74, 6) is 0.208. The Kier molecular flexibility index (Phi) is 7.39. The molecule has 0 aromatic heterocycles. The summed E-state index contributed by atoms with van der Waals surface area (Å²) in [7, 11) is 0. The normalized spacial score (nSPS) is 23.4. The zero-order valence-electron chi connectivity index (χ0n) is 16.4. The van der Waals surface area contributed by atoms with Gasteiger partial charge in [-0.1, -0.05) is 45.4 Å². The maximum atomic E-state index is 12.6. The van der Waals surface area contributed by atoms with Gasteiger partial charge in [0.05, 0.1) is 0 Å². The highest BCUT2D eigenvalue weighted by Crippen LogP contribution is 2.35. The number of benzene rings is 1. The van der Waals surface area contributed by atoms with E-state index in [2.05, 4.69) is 26.1 Å². The van der Waals surface area contributed by atoms with Crippen molar-refractivity contribution in [2.75, 3.05) is 0 Å².